The van der Waals surface area contributed by atoms with Crippen LogP contribution >= 0.6 is 27.3 Å². The molecule has 0 aliphatic rings. The molecule has 2 aromatic rings. The van der Waals surface area contributed by atoms with Crippen molar-refractivity contribution >= 4 is 38.8 Å². The van der Waals surface area contributed by atoms with Gasteiger partial charge in [0.05, 0.1) is 22.9 Å². The third-order valence-electron chi connectivity index (χ3n) is 2.22. The number of pyridine rings is 1. The summed E-state index contributed by atoms with van der Waals surface area (Å²) in [5.41, 5.74) is 6.27. The molecule has 0 spiro atoms. The van der Waals surface area contributed by atoms with E-state index in [1.54, 1.807) is 17.5 Å². The molecule has 0 radical (unpaired) electrons. The number of aromatic nitrogens is 2. The van der Waals surface area contributed by atoms with Crippen molar-refractivity contribution in [1.29, 1.82) is 0 Å². The fourth-order valence-electron chi connectivity index (χ4n) is 1.34. The van der Waals surface area contributed by atoms with Crippen molar-refractivity contribution in [2.24, 2.45) is 0 Å². The summed E-state index contributed by atoms with van der Waals surface area (Å²) in [5.74, 6) is 0.785. The van der Waals surface area contributed by atoms with Gasteiger partial charge in [0.1, 0.15) is 10.8 Å². The van der Waals surface area contributed by atoms with Crippen molar-refractivity contribution in [2.75, 3.05) is 11.1 Å². The molecule has 2 heterocycles. The Hall–Kier alpha value is -1.14. The fourth-order valence-corrected chi connectivity index (χ4v) is 2.64. The molecule has 0 saturated heterocycles. The van der Waals surface area contributed by atoms with Gasteiger partial charge in [-0.15, -0.1) is 11.3 Å². The molecule has 4 nitrogen and oxygen atoms in total. The lowest BCUT2D eigenvalue weighted by Crippen LogP contribution is -2.02. The molecule has 3 N–H and O–H groups in total. The number of halogens is 1. The summed E-state index contributed by atoms with van der Waals surface area (Å²) in [7, 11) is 0. The second-order valence-electron chi connectivity index (χ2n) is 3.53. The average Bonchev–Trinajstić information content (AvgIpc) is 2.76. The van der Waals surface area contributed by atoms with Crippen LogP contribution in [0, 0.1) is 0 Å². The van der Waals surface area contributed by atoms with Crippen LogP contribution in [-0.4, -0.2) is 9.97 Å². The van der Waals surface area contributed by atoms with E-state index < -0.39 is 0 Å². The molecule has 0 aliphatic heterocycles. The predicted molar refractivity (Wildman–Crippen MR) is 75.2 cm³/mol. The van der Waals surface area contributed by atoms with Crippen LogP contribution in [-0.2, 0) is 13.0 Å². The summed E-state index contributed by atoms with van der Waals surface area (Å²) < 4.78 is 0.866. The lowest BCUT2D eigenvalue weighted by molar-refractivity contribution is 1.07. The summed E-state index contributed by atoms with van der Waals surface area (Å²) in [6.45, 7) is 2.81. The maximum atomic E-state index is 5.63. The summed E-state index contributed by atoms with van der Waals surface area (Å²) in [5, 5.41) is 4.29. The zero-order valence-electron chi connectivity index (χ0n) is 9.40. The lowest BCUT2D eigenvalue weighted by Gasteiger charge is -2.05. The van der Waals surface area contributed by atoms with Gasteiger partial charge >= 0.3 is 0 Å². The molecule has 0 atom stereocenters. The van der Waals surface area contributed by atoms with E-state index in [1.165, 1.54) is 4.88 Å². The molecule has 17 heavy (non-hydrogen) atoms. The van der Waals surface area contributed by atoms with Gasteiger partial charge in [-0.1, -0.05) is 6.92 Å². The number of hydrogen-bond acceptors (Lipinski definition) is 5. The zero-order valence-corrected chi connectivity index (χ0v) is 11.8. The van der Waals surface area contributed by atoms with Crippen LogP contribution in [0.3, 0.4) is 0 Å². The molecule has 2 rings (SSSR count). The summed E-state index contributed by atoms with van der Waals surface area (Å²) >= 11 is 5.14. The SMILES string of the molecule is CCc1cnc(CNc2ncc(N)cc2Br)s1. The monoisotopic (exact) mass is 312 g/mol. The first-order chi connectivity index (χ1) is 8.19. The van der Waals surface area contributed by atoms with Crippen LogP contribution in [0.1, 0.15) is 16.8 Å². The highest BCUT2D eigenvalue weighted by Gasteiger charge is 2.04. The Morgan fingerprint density at radius 2 is 2.24 bits per heavy atom. The fraction of sp³-hybridized carbons (Fsp3) is 0.273. The topological polar surface area (TPSA) is 63.8 Å². The van der Waals surface area contributed by atoms with Gasteiger partial charge in [0.15, 0.2) is 0 Å². The normalized spacial score (nSPS) is 10.5. The van der Waals surface area contributed by atoms with Crippen molar-refractivity contribution in [2.45, 2.75) is 19.9 Å². The molecular weight excluding hydrogens is 300 g/mol. The number of anilines is 2. The highest BCUT2D eigenvalue weighted by atomic mass is 79.9. The standard InChI is InChI=1S/C11H13BrN4S/c1-2-8-5-14-10(17-8)6-16-11-9(12)3-7(13)4-15-11/h3-5H,2,6,13H2,1H3,(H,15,16). The number of nitrogens with two attached hydrogens (primary N) is 1. The molecule has 0 fully saturated rings. The first kappa shape index (κ1) is 12.3. The van der Waals surface area contributed by atoms with E-state index in [-0.39, 0.29) is 0 Å². The molecule has 90 valence electrons. The smallest absolute Gasteiger partial charge is 0.140 e. The van der Waals surface area contributed by atoms with Gasteiger partial charge in [0.2, 0.25) is 0 Å². The molecule has 0 saturated carbocycles. The van der Waals surface area contributed by atoms with E-state index >= 15 is 0 Å². The van der Waals surface area contributed by atoms with Gasteiger partial charge in [-0.3, -0.25) is 0 Å². The third-order valence-corrected chi connectivity index (χ3v) is 3.97. The minimum atomic E-state index is 0.643. The molecule has 0 bridgehead atoms. The molecule has 0 aliphatic carbocycles. The number of thiazole rings is 1. The first-order valence-corrected chi connectivity index (χ1v) is 6.88. The Bertz CT molecular complexity index is 512. The minimum absolute atomic E-state index is 0.643. The highest BCUT2D eigenvalue weighted by Crippen LogP contribution is 2.23. The number of nitrogens with one attached hydrogen (secondary N) is 1. The first-order valence-electron chi connectivity index (χ1n) is 5.27. The summed E-state index contributed by atoms with van der Waals surface area (Å²) in [6.07, 6.45) is 4.58. The number of aryl methyl sites for hydroxylation is 1. The van der Waals surface area contributed by atoms with Crippen LogP contribution in [0.5, 0.6) is 0 Å². The van der Waals surface area contributed by atoms with E-state index in [2.05, 4.69) is 38.1 Å². The predicted octanol–water partition coefficient (Wildman–Crippen LogP) is 3.06. The van der Waals surface area contributed by atoms with Crippen molar-refractivity contribution in [3.63, 3.8) is 0 Å². The Balaban J connectivity index is 2.02. The second kappa shape index (κ2) is 5.46. The van der Waals surface area contributed by atoms with Crippen LogP contribution in [0.2, 0.25) is 0 Å². The Morgan fingerprint density at radius 1 is 1.41 bits per heavy atom. The maximum Gasteiger partial charge on any atom is 0.140 e. The average molecular weight is 313 g/mol. The Labute approximate surface area is 112 Å². The molecular formula is C11H13BrN4S. The van der Waals surface area contributed by atoms with E-state index in [1.807, 2.05) is 12.3 Å². The van der Waals surface area contributed by atoms with Crippen LogP contribution in [0.4, 0.5) is 11.5 Å². The Kier molecular flexibility index (Phi) is 3.96. The van der Waals surface area contributed by atoms with Crippen LogP contribution in [0.25, 0.3) is 0 Å². The largest absolute Gasteiger partial charge is 0.397 e. The van der Waals surface area contributed by atoms with Gasteiger partial charge in [0, 0.05) is 11.1 Å². The van der Waals surface area contributed by atoms with E-state index in [4.69, 9.17) is 5.73 Å². The van der Waals surface area contributed by atoms with Crippen molar-refractivity contribution < 1.29 is 0 Å². The minimum Gasteiger partial charge on any atom is -0.397 e. The van der Waals surface area contributed by atoms with Crippen molar-refractivity contribution in [3.8, 4) is 0 Å². The van der Waals surface area contributed by atoms with E-state index in [9.17, 15) is 0 Å². The molecule has 2 aromatic heterocycles. The van der Waals surface area contributed by atoms with E-state index in [0.717, 1.165) is 21.7 Å². The van der Waals surface area contributed by atoms with Gasteiger partial charge in [-0.05, 0) is 28.4 Å². The second-order valence-corrected chi connectivity index (χ2v) is 5.58. The molecule has 0 aromatic carbocycles. The molecule has 0 unspecified atom stereocenters. The Morgan fingerprint density at radius 3 is 2.88 bits per heavy atom. The lowest BCUT2D eigenvalue weighted by atomic mass is 10.4. The highest BCUT2D eigenvalue weighted by molar-refractivity contribution is 9.10. The summed E-state index contributed by atoms with van der Waals surface area (Å²) in [4.78, 5) is 9.85. The van der Waals surface area contributed by atoms with E-state index in [0.29, 0.717) is 12.2 Å². The van der Waals surface area contributed by atoms with Gasteiger partial charge in [-0.25, -0.2) is 9.97 Å². The molecule has 6 heteroatoms. The van der Waals surface area contributed by atoms with Gasteiger partial charge in [-0.2, -0.15) is 0 Å². The zero-order chi connectivity index (χ0) is 12.3. The molecule has 0 amide bonds. The van der Waals surface area contributed by atoms with Gasteiger partial charge < -0.3 is 11.1 Å². The summed E-state index contributed by atoms with van der Waals surface area (Å²) in [6, 6.07) is 1.83. The van der Waals surface area contributed by atoms with Crippen LogP contribution in [0.15, 0.2) is 22.9 Å². The quantitative estimate of drug-likeness (QED) is 0.910. The van der Waals surface area contributed by atoms with Crippen molar-refractivity contribution in [3.05, 3.63) is 32.8 Å². The number of hydrogen-bond donors (Lipinski definition) is 2. The van der Waals surface area contributed by atoms with Crippen molar-refractivity contribution in [1.82, 2.24) is 9.97 Å². The third kappa shape index (κ3) is 3.17. The van der Waals surface area contributed by atoms with Gasteiger partial charge in [0.25, 0.3) is 0 Å². The number of nitrogens with zero attached hydrogens (tertiary/aromatic N) is 2. The number of nitrogen functional groups attached to an aromatic ring is 1. The maximum absolute atomic E-state index is 5.63. The number of rotatable bonds is 4. The van der Waals surface area contributed by atoms with Crippen LogP contribution < -0.4 is 11.1 Å².